The summed E-state index contributed by atoms with van der Waals surface area (Å²) in [4.78, 5) is 14.4. The summed E-state index contributed by atoms with van der Waals surface area (Å²) >= 11 is 0. The quantitative estimate of drug-likeness (QED) is 0.769. The average Bonchev–Trinajstić information content (AvgIpc) is 2.43. The van der Waals surface area contributed by atoms with Gasteiger partial charge in [0.25, 0.3) is 0 Å². The summed E-state index contributed by atoms with van der Waals surface area (Å²) in [6, 6.07) is 0.238. The lowest BCUT2D eigenvalue weighted by Crippen LogP contribution is -2.06. The van der Waals surface area contributed by atoms with Gasteiger partial charge >= 0.3 is 12.0 Å². The number of carbonyl (C=O) groups is 1. The first-order valence-corrected chi connectivity index (χ1v) is 4.73. The number of nitrogens with zero attached hydrogens (tertiary/aromatic N) is 3. The van der Waals surface area contributed by atoms with Crippen LogP contribution in [0.3, 0.4) is 0 Å². The molecule has 15 heavy (non-hydrogen) atoms. The molecule has 1 aromatic heterocycles. The molecule has 0 spiro atoms. The van der Waals surface area contributed by atoms with Crippen molar-refractivity contribution in [2.75, 3.05) is 6.61 Å². The minimum Gasteiger partial charge on any atom is -0.481 e. The molecule has 6 heteroatoms. The Hall–Kier alpha value is -1.59. The van der Waals surface area contributed by atoms with Gasteiger partial charge in [0, 0.05) is 7.05 Å². The molecule has 0 saturated heterocycles. The summed E-state index contributed by atoms with van der Waals surface area (Å²) in [5.74, 6) is -0.154. The highest BCUT2D eigenvalue weighted by atomic mass is 16.5. The summed E-state index contributed by atoms with van der Waals surface area (Å²) in [5.41, 5.74) is 0. The second-order valence-electron chi connectivity index (χ2n) is 3.71. The van der Waals surface area contributed by atoms with E-state index < -0.39 is 5.97 Å². The molecule has 0 fully saturated rings. The van der Waals surface area contributed by atoms with Crippen molar-refractivity contribution in [2.45, 2.75) is 20.3 Å². The Morgan fingerprint density at radius 2 is 2.27 bits per heavy atom. The highest BCUT2D eigenvalue weighted by Gasteiger charge is 2.11. The fourth-order valence-electron chi connectivity index (χ4n) is 0.983. The van der Waals surface area contributed by atoms with Gasteiger partial charge in [0.1, 0.15) is 12.2 Å². The van der Waals surface area contributed by atoms with Gasteiger partial charge in [0.15, 0.2) is 0 Å². The zero-order valence-electron chi connectivity index (χ0n) is 9.10. The monoisotopic (exact) mass is 213 g/mol. The predicted octanol–water partition coefficient (Wildman–Crippen LogP) is 0.477. The zero-order chi connectivity index (χ0) is 11.4. The molecular formula is C9H15N3O3. The van der Waals surface area contributed by atoms with Gasteiger partial charge < -0.3 is 9.84 Å². The van der Waals surface area contributed by atoms with Gasteiger partial charge in [-0.3, -0.25) is 4.79 Å². The normalized spacial score (nSPS) is 10.7. The van der Waals surface area contributed by atoms with E-state index in [0.717, 1.165) is 0 Å². The fourth-order valence-corrected chi connectivity index (χ4v) is 0.983. The third kappa shape index (κ3) is 3.57. The van der Waals surface area contributed by atoms with Crippen LogP contribution in [0.1, 0.15) is 19.7 Å². The van der Waals surface area contributed by atoms with Gasteiger partial charge in [-0.2, -0.15) is 4.98 Å². The van der Waals surface area contributed by atoms with Crippen molar-refractivity contribution < 1.29 is 14.6 Å². The molecule has 0 bridgehead atoms. The largest absolute Gasteiger partial charge is 0.481 e. The maximum Gasteiger partial charge on any atom is 0.335 e. The summed E-state index contributed by atoms with van der Waals surface area (Å²) < 4.78 is 6.69. The second kappa shape index (κ2) is 4.77. The van der Waals surface area contributed by atoms with E-state index in [2.05, 4.69) is 10.1 Å². The van der Waals surface area contributed by atoms with E-state index in [9.17, 15) is 4.79 Å². The Bertz CT molecular complexity index is 346. The van der Waals surface area contributed by atoms with E-state index in [1.807, 2.05) is 13.8 Å². The van der Waals surface area contributed by atoms with E-state index in [0.29, 0.717) is 18.3 Å². The first kappa shape index (κ1) is 11.5. The van der Waals surface area contributed by atoms with Crippen molar-refractivity contribution in [3.63, 3.8) is 0 Å². The van der Waals surface area contributed by atoms with E-state index in [1.54, 1.807) is 7.05 Å². The number of hydrogen-bond donors (Lipinski definition) is 1. The number of aryl methyl sites for hydroxylation is 1. The number of aromatic nitrogens is 3. The average molecular weight is 213 g/mol. The third-order valence-electron chi connectivity index (χ3n) is 1.69. The molecule has 0 aliphatic heterocycles. The fraction of sp³-hybridized carbons (Fsp3) is 0.667. The van der Waals surface area contributed by atoms with Crippen LogP contribution in [-0.4, -0.2) is 32.4 Å². The van der Waals surface area contributed by atoms with Crippen LogP contribution >= 0.6 is 0 Å². The number of aliphatic carboxylic acids is 1. The molecular weight excluding hydrogens is 198 g/mol. The topological polar surface area (TPSA) is 77.2 Å². The molecule has 0 aliphatic carbocycles. The van der Waals surface area contributed by atoms with Crippen molar-refractivity contribution >= 4 is 5.97 Å². The molecule has 0 atom stereocenters. The molecule has 1 rings (SSSR count). The van der Waals surface area contributed by atoms with Crippen LogP contribution in [0.5, 0.6) is 6.01 Å². The molecule has 6 nitrogen and oxygen atoms in total. The molecule has 1 heterocycles. The highest BCUT2D eigenvalue weighted by Crippen LogP contribution is 2.06. The molecule has 0 unspecified atom stereocenters. The summed E-state index contributed by atoms with van der Waals surface area (Å²) in [5, 5.41) is 12.6. The molecule has 84 valence electrons. The molecule has 1 N–H and O–H groups in total. The third-order valence-corrected chi connectivity index (χ3v) is 1.69. The highest BCUT2D eigenvalue weighted by molar-refractivity contribution is 5.69. The van der Waals surface area contributed by atoms with Crippen LogP contribution in [0.4, 0.5) is 0 Å². The van der Waals surface area contributed by atoms with E-state index in [-0.39, 0.29) is 12.4 Å². The Kier molecular flexibility index (Phi) is 3.65. The Morgan fingerprint density at radius 3 is 2.80 bits per heavy atom. The molecule has 0 saturated carbocycles. The van der Waals surface area contributed by atoms with Gasteiger partial charge in [-0.05, 0) is 5.92 Å². The van der Waals surface area contributed by atoms with Gasteiger partial charge in [-0.25, -0.2) is 4.68 Å². The smallest absolute Gasteiger partial charge is 0.335 e. The van der Waals surface area contributed by atoms with Gasteiger partial charge in [0.2, 0.25) is 0 Å². The number of rotatable bonds is 5. The van der Waals surface area contributed by atoms with Crippen molar-refractivity contribution in [3.8, 4) is 6.01 Å². The van der Waals surface area contributed by atoms with Crippen LogP contribution in [0.25, 0.3) is 0 Å². The first-order chi connectivity index (χ1) is 6.99. The maximum absolute atomic E-state index is 10.5. The lowest BCUT2D eigenvalue weighted by molar-refractivity contribution is -0.136. The molecule has 1 aromatic rings. The second-order valence-corrected chi connectivity index (χ2v) is 3.71. The van der Waals surface area contributed by atoms with Crippen LogP contribution in [0.2, 0.25) is 0 Å². The minimum atomic E-state index is -0.930. The Labute approximate surface area is 87.9 Å². The minimum absolute atomic E-state index is 0.144. The van der Waals surface area contributed by atoms with Crippen LogP contribution in [-0.2, 0) is 18.3 Å². The number of hydrogen-bond acceptors (Lipinski definition) is 4. The lowest BCUT2D eigenvalue weighted by Gasteiger charge is -2.02. The van der Waals surface area contributed by atoms with Gasteiger partial charge in [-0.15, -0.1) is 5.10 Å². The Balaban J connectivity index is 2.64. The summed E-state index contributed by atoms with van der Waals surface area (Å²) in [6.07, 6.45) is -0.144. The number of carboxylic acids is 1. The zero-order valence-corrected chi connectivity index (χ0v) is 9.10. The van der Waals surface area contributed by atoms with Crippen molar-refractivity contribution in [2.24, 2.45) is 13.0 Å². The van der Waals surface area contributed by atoms with Gasteiger partial charge in [0.05, 0.1) is 6.61 Å². The lowest BCUT2D eigenvalue weighted by atomic mass is 10.2. The first-order valence-electron chi connectivity index (χ1n) is 4.73. The maximum atomic E-state index is 10.5. The van der Waals surface area contributed by atoms with Crippen LogP contribution < -0.4 is 4.74 Å². The van der Waals surface area contributed by atoms with Crippen LogP contribution in [0, 0.1) is 5.92 Å². The van der Waals surface area contributed by atoms with Crippen LogP contribution in [0.15, 0.2) is 0 Å². The standard InChI is InChI=1S/C9H15N3O3/c1-6(2)5-15-9-10-7(4-8(13)14)12(3)11-9/h6H,4-5H2,1-3H3,(H,13,14). The molecule has 0 amide bonds. The molecule has 0 radical (unpaired) electrons. The van der Waals surface area contributed by atoms with E-state index in [1.165, 1.54) is 4.68 Å². The van der Waals surface area contributed by atoms with Crippen molar-refractivity contribution in [1.82, 2.24) is 14.8 Å². The number of ether oxygens (including phenoxy) is 1. The van der Waals surface area contributed by atoms with Crippen molar-refractivity contribution in [3.05, 3.63) is 5.82 Å². The van der Waals surface area contributed by atoms with E-state index >= 15 is 0 Å². The molecule has 0 aliphatic rings. The summed E-state index contributed by atoms with van der Waals surface area (Å²) in [7, 11) is 1.65. The van der Waals surface area contributed by atoms with Gasteiger partial charge in [-0.1, -0.05) is 13.8 Å². The SMILES string of the molecule is CC(C)COc1nc(CC(=O)O)n(C)n1. The number of carboxylic acid groups (broad SMARTS) is 1. The van der Waals surface area contributed by atoms with E-state index in [4.69, 9.17) is 9.84 Å². The Morgan fingerprint density at radius 1 is 1.60 bits per heavy atom. The summed E-state index contributed by atoms with van der Waals surface area (Å²) in [6.45, 7) is 4.55. The molecule has 0 aromatic carbocycles. The predicted molar refractivity (Wildman–Crippen MR) is 52.7 cm³/mol. The van der Waals surface area contributed by atoms with Crippen molar-refractivity contribution in [1.29, 1.82) is 0 Å².